The highest BCUT2D eigenvalue weighted by atomic mass is 19.1. The smallest absolute Gasteiger partial charge is 0.437 e. The molecule has 10 heteroatoms. The van der Waals surface area contributed by atoms with Crippen molar-refractivity contribution in [3.8, 4) is 17.2 Å². The molecule has 0 radical (unpaired) electrons. The molecule has 4 rings (SSSR count). The summed E-state index contributed by atoms with van der Waals surface area (Å²) in [5.74, 6) is -2.48. The third-order valence-corrected chi connectivity index (χ3v) is 5.01. The largest absolute Gasteiger partial charge is 0.492 e. The molecule has 4 aromatic rings. The number of para-hydroxylation sites is 2. The first-order valence-electron chi connectivity index (χ1n) is 11.1. The van der Waals surface area contributed by atoms with E-state index < -0.39 is 36.1 Å². The number of rotatable bonds is 9. The minimum Gasteiger partial charge on any atom is -0.492 e. The van der Waals surface area contributed by atoms with Gasteiger partial charge < -0.3 is 19.2 Å². The highest BCUT2D eigenvalue weighted by Crippen LogP contribution is 2.27. The fraction of sp³-hybridized carbons (Fsp3) is 0.154. The third kappa shape index (κ3) is 5.84. The zero-order chi connectivity index (χ0) is 25.5. The van der Waals surface area contributed by atoms with E-state index in [0.29, 0.717) is 29.2 Å². The fourth-order valence-electron chi connectivity index (χ4n) is 3.36. The second-order valence-electron chi connectivity index (χ2n) is 7.54. The van der Waals surface area contributed by atoms with Gasteiger partial charge in [0.25, 0.3) is 5.91 Å². The molecule has 1 heterocycles. The molecule has 1 atom stereocenters. The molecule has 1 amide bonds. The molecule has 0 aliphatic rings. The van der Waals surface area contributed by atoms with Gasteiger partial charge in [-0.3, -0.25) is 9.59 Å². The van der Waals surface area contributed by atoms with Crippen LogP contribution in [0, 0.1) is 5.82 Å². The summed E-state index contributed by atoms with van der Waals surface area (Å²) < 4.78 is 30.0. The summed E-state index contributed by atoms with van der Waals surface area (Å²) in [4.78, 5) is 38.1. The first-order valence-corrected chi connectivity index (χ1v) is 11.1. The number of anilines is 1. The molecule has 184 valence electrons. The molecule has 0 spiro atoms. The Balaban J connectivity index is 1.52. The van der Waals surface area contributed by atoms with Gasteiger partial charge in [-0.15, -0.1) is 5.10 Å². The van der Waals surface area contributed by atoms with Crippen molar-refractivity contribution in [1.29, 1.82) is 0 Å². The summed E-state index contributed by atoms with van der Waals surface area (Å²) in [7, 11) is 0. The second kappa shape index (κ2) is 11.1. The van der Waals surface area contributed by atoms with Gasteiger partial charge in [0.2, 0.25) is 12.0 Å². The van der Waals surface area contributed by atoms with Gasteiger partial charge >= 0.3 is 11.7 Å². The number of benzene rings is 3. The summed E-state index contributed by atoms with van der Waals surface area (Å²) in [6, 6.07) is 20.5. The monoisotopic (exact) mass is 491 g/mol. The first kappa shape index (κ1) is 24.4. The number of carbonyl (C=O) groups excluding carboxylic acids is 2. The topological polar surface area (TPSA) is 113 Å². The van der Waals surface area contributed by atoms with Crippen LogP contribution >= 0.6 is 0 Å². The molecule has 0 saturated carbocycles. The molecule has 0 fully saturated rings. The van der Waals surface area contributed by atoms with Gasteiger partial charge in [-0.25, -0.2) is 9.18 Å². The Morgan fingerprint density at radius 1 is 1.03 bits per heavy atom. The Bertz CT molecular complexity index is 1400. The van der Waals surface area contributed by atoms with Crippen LogP contribution in [0.15, 0.2) is 88.1 Å². The molecule has 9 nitrogen and oxygen atoms in total. The van der Waals surface area contributed by atoms with Crippen molar-refractivity contribution >= 4 is 17.6 Å². The Morgan fingerprint density at radius 3 is 2.44 bits per heavy atom. The Morgan fingerprint density at radius 2 is 1.72 bits per heavy atom. The van der Waals surface area contributed by atoms with E-state index in [4.69, 9.17) is 13.9 Å². The van der Waals surface area contributed by atoms with Crippen LogP contribution in [0.2, 0.25) is 0 Å². The average molecular weight is 491 g/mol. The van der Waals surface area contributed by atoms with Gasteiger partial charge in [-0.2, -0.15) is 4.68 Å². The highest BCUT2D eigenvalue weighted by molar-refractivity contribution is 5.97. The van der Waals surface area contributed by atoms with Crippen molar-refractivity contribution < 1.29 is 27.9 Å². The van der Waals surface area contributed by atoms with Crippen LogP contribution < -0.4 is 15.8 Å². The normalized spacial score (nSPS) is 11.5. The lowest BCUT2D eigenvalue weighted by Crippen LogP contribution is -2.29. The molecule has 3 aromatic carbocycles. The Hall–Kier alpha value is -4.73. The van der Waals surface area contributed by atoms with E-state index >= 15 is 0 Å². The maximum atomic E-state index is 13.2. The Kier molecular flexibility index (Phi) is 7.54. The van der Waals surface area contributed by atoms with Crippen LogP contribution in [-0.2, 0) is 20.9 Å². The van der Waals surface area contributed by atoms with Crippen molar-refractivity contribution in [1.82, 2.24) is 9.78 Å². The van der Waals surface area contributed by atoms with Crippen molar-refractivity contribution in [3.05, 3.63) is 101 Å². The number of aromatic nitrogens is 2. The van der Waals surface area contributed by atoms with Gasteiger partial charge in [0.1, 0.15) is 18.1 Å². The van der Waals surface area contributed by atoms with Crippen LogP contribution in [0.1, 0.15) is 18.6 Å². The summed E-state index contributed by atoms with van der Waals surface area (Å²) in [6.45, 7) is 1.62. The van der Waals surface area contributed by atoms with E-state index in [1.165, 1.54) is 24.3 Å². The van der Waals surface area contributed by atoms with Crippen molar-refractivity contribution in [2.45, 2.75) is 19.6 Å². The molecule has 0 bridgehead atoms. The number of halogens is 1. The molecule has 36 heavy (non-hydrogen) atoms. The molecular formula is C26H22FN3O6. The Labute approximate surface area is 205 Å². The summed E-state index contributed by atoms with van der Waals surface area (Å²) >= 11 is 0. The lowest BCUT2D eigenvalue weighted by Gasteiger charge is -2.19. The number of hydrogen-bond acceptors (Lipinski definition) is 7. The number of hydrogen-bond donors (Lipinski definition) is 1. The lowest BCUT2D eigenvalue weighted by atomic mass is 10.1. The number of esters is 1. The van der Waals surface area contributed by atoms with Crippen molar-refractivity contribution in [2.75, 3.05) is 11.9 Å². The summed E-state index contributed by atoms with van der Waals surface area (Å²) in [5, 5.41) is 6.70. The van der Waals surface area contributed by atoms with E-state index in [9.17, 15) is 18.8 Å². The van der Waals surface area contributed by atoms with Crippen LogP contribution in [-0.4, -0.2) is 28.3 Å². The van der Waals surface area contributed by atoms with Gasteiger partial charge in [-0.05, 0) is 43.3 Å². The summed E-state index contributed by atoms with van der Waals surface area (Å²) in [5.41, 5.74) is 1.20. The number of nitrogens with zero attached hydrogens (tertiary/aromatic N) is 2. The molecule has 0 aliphatic carbocycles. The van der Waals surface area contributed by atoms with Gasteiger partial charge in [0.15, 0.2) is 0 Å². The SMILES string of the molecule is CCOc1ccccc1NC(=O)C(OC(=O)Cn1nc(-c2ccc(F)cc2)oc1=O)c1ccccc1. The number of ether oxygens (including phenoxy) is 2. The van der Waals surface area contributed by atoms with E-state index in [1.54, 1.807) is 54.6 Å². The quantitative estimate of drug-likeness (QED) is 0.353. The number of amides is 1. The predicted octanol–water partition coefficient (Wildman–Crippen LogP) is 3.96. The maximum absolute atomic E-state index is 13.2. The standard InChI is InChI=1S/C26H22FN3O6/c1-2-34-21-11-7-6-10-20(21)28-24(32)23(17-8-4-3-5-9-17)35-22(31)16-30-26(33)36-25(29-30)18-12-14-19(27)15-13-18/h3-15,23H,2,16H2,1H3,(H,28,32). The minimum atomic E-state index is -1.31. The van der Waals surface area contributed by atoms with Crippen LogP contribution in [0.25, 0.3) is 11.5 Å². The molecular weight excluding hydrogens is 469 g/mol. The van der Waals surface area contributed by atoms with Crippen LogP contribution in [0.3, 0.4) is 0 Å². The van der Waals surface area contributed by atoms with E-state index in [1.807, 2.05) is 6.92 Å². The van der Waals surface area contributed by atoms with Crippen molar-refractivity contribution in [3.63, 3.8) is 0 Å². The second-order valence-corrected chi connectivity index (χ2v) is 7.54. The molecule has 1 aromatic heterocycles. The molecule has 0 saturated heterocycles. The molecule has 1 unspecified atom stereocenters. The van der Waals surface area contributed by atoms with E-state index in [-0.39, 0.29) is 5.89 Å². The predicted molar refractivity (Wildman–Crippen MR) is 128 cm³/mol. The van der Waals surface area contributed by atoms with Crippen LogP contribution in [0.4, 0.5) is 10.1 Å². The number of nitrogens with one attached hydrogen (secondary N) is 1. The summed E-state index contributed by atoms with van der Waals surface area (Å²) in [6.07, 6.45) is -1.31. The van der Waals surface area contributed by atoms with Gasteiger partial charge in [-0.1, -0.05) is 42.5 Å². The average Bonchev–Trinajstić information content (AvgIpc) is 3.24. The molecule has 1 N–H and O–H groups in total. The number of carbonyl (C=O) groups is 2. The molecule has 0 aliphatic heterocycles. The first-order chi connectivity index (χ1) is 17.4. The maximum Gasteiger partial charge on any atom is 0.437 e. The van der Waals surface area contributed by atoms with E-state index in [0.717, 1.165) is 4.68 Å². The zero-order valence-electron chi connectivity index (χ0n) is 19.2. The van der Waals surface area contributed by atoms with E-state index in [2.05, 4.69) is 10.4 Å². The van der Waals surface area contributed by atoms with Crippen LogP contribution in [0.5, 0.6) is 5.75 Å². The highest BCUT2D eigenvalue weighted by Gasteiger charge is 2.27. The minimum absolute atomic E-state index is 0.0855. The fourth-order valence-corrected chi connectivity index (χ4v) is 3.36. The van der Waals surface area contributed by atoms with Crippen molar-refractivity contribution in [2.24, 2.45) is 0 Å². The zero-order valence-corrected chi connectivity index (χ0v) is 19.2. The van der Waals surface area contributed by atoms with Gasteiger partial charge in [0.05, 0.1) is 12.3 Å². The third-order valence-electron chi connectivity index (χ3n) is 5.01. The lowest BCUT2D eigenvalue weighted by molar-refractivity contribution is -0.155. The van der Waals surface area contributed by atoms with Gasteiger partial charge in [0, 0.05) is 11.1 Å².